The molecule has 2 rings (SSSR count). The van der Waals surface area contributed by atoms with E-state index in [0.29, 0.717) is 17.8 Å². The molecule has 0 atom stereocenters. The molecular formula is C15H14ClF2N. The summed E-state index contributed by atoms with van der Waals surface area (Å²) in [6, 6.07) is 11.0. The third-order valence-corrected chi connectivity index (χ3v) is 3.24. The summed E-state index contributed by atoms with van der Waals surface area (Å²) in [6.07, 6.45) is 0. The standard InChI is InChI=1S/C15H14ClF2N/c1-2-19(12-8-6-11(17)7-9-12)15-5-3-4-14(18)13(15)10-16/h3-9H,2,10H2,1H3. The molecule has 0 aromatic heterocycles. The molecule has 0 saturated heterocycles. The van der Waals surface area contributed by atoms with E-state index in [4.69, 9.17) is 11.6 Å². The number of hydrogen-bond acceptors (Lipinski definition) is 1. The van der Waals surface area contributed by atoms with Gasteiger partial charge in [-0.15, -0.1) is 11.6 Å². The van der Waals surface area contributed by atoms with Gasteiger partial charge in [-0.1, -0.05) is 6.07 Å². The maximum absolute atomic E-state index is 13.8. The smallest absolute Gasteiger partial charge is 0.129 e. The largest absolute Gasteiger partial charge is 0.341 e. The number of nitrogens with zero attached hydrogens (tertiary/aromatic N) is 1. The molecule has 0 spiro atoms. The number of hydrogen-bond donors (Lipinski definition) is 0. The van der Waals surface area contributed by atoms with E-state index < -0.39 is 0 Å². The Morgan fingerprint density at radius 3 is 2.32 bits per heavy atom. The molecule has 0 unspecified atom stereocenters. The molecule has 0 aliphatic heterocycles. The lowest BCUT2D eigenvalue weighted by molar-refractivity contribution is 0.616. The summed E-state index contributed by atoms with van der Waals surface area (Å²) in [4.78, 5) is 1.90. The van der Waals surface area contributed by atoms with E-state index in [-0.39, 0.29) is 17.5 Å². The minimum absolute atomic E-state index is 0.0969. The molecule has 0 amide bonds. The molecule has 100 valence electrons. The number of halogens is 3. The van der Waals surface area contributed by atoms with E-state index in [1.807, 2.05) is 17.9 Å². The third-order valence-electron chi connectivity index (χ3n) is 2.97. The van der Waals surface area contributed by atoms with E-state index >= 15 is 0 Å². The Kier molecular flexibility index (Phi) is 4.38. The number of benzene rings is 2. The van der Waals surface area contributed by atoms with Crippen LogP contribution in [0.1, 0.15) is 12.5 Å². The first-order valence-electron chi connectivity index (χ1n) is 6.03. The maximum Gasteiger partial charge on any atom is 0.129 e. The second-order valence-electron chi connectivity index (χ2n) is 4.09. The van der Waals surface area contributed by atoms with Gasteiger partial charge in [0.05, 0.1) is 5.88 Å². The first kappa shape index (κ1) is 13.8. The zero-order chi connectivity index (χ0) is 13.8. The van der Waals surface area contributed by atoms with Crippen LogP contribution in [0.2, 0.25) is 0 Å². The van der Waals surface area contributed by atoms with Crippen LogP contribution in [0.5, 0.6) is 0 Å². The van der Waals surface area contributed by atoms with Crippen molar-refractivity contribution < 1.29 is 8.78 Å². The molecule has 0 aliphatic carbocycles. The average molecular weight is 282 g/mol. The predicted molar refractivity (Wildman–Crippen MR) is 75.0 cm³/mol. The summed E-state index contributed by atoms with van der Waals surface area (Å²) in [5, 5.41) is 0. The van der Waals surface area contributed by atoms with E-state index in [0.717, 1.165) is 5.69 Å². The summed E-state index contributed by atoms with van der Waals surface area (Å²) in [5.74, 6) is -0.524. The normalized spacial score (nSPS) is 10.5. The summed E-state index contributed by atoms with van der Waals surface area (Å²) in [5.41, 5.74) is 1.97. The van der Waals surface area contributed by atoms with Gasteiger partial charge in [0.15, 0.2) is 0 Å². The van der Waals surface area contributed by atoms with Crippen LogP contribution in [-0.4, -0.2) is 6.54 Å². The molecule has 1 nitrogen and oxygen atoms in total. The fraction of sp³-hybridized carbons (Fsp3) is 0.200. The van der Waals surface area contributed by atoms with Gasteiger partial charge in [0, 0.05) is 23.5 Å². The second kappa shape index (κ2) is 6.02. The minimum Gasteiger partial charge on any atom is -0.341 e. The van der Waals surface area contributed by atoms with Gasteiger partial charge in [-0.05, 0) is 43.3 Å². The van der Waals surface area contributed by atoms with Crippen LogP contribution in [0.3, 0.4) is 0 Å². The maximum atomic E-state index is 13.8. The van der Waals surface area contributed by atoms with Gasteiger partial charge in [0.2, 0.25) is 0 Å². The van der Waals surface area contributed by atoms with E-state index in [1.165, 1.54) is 18.2 Å². The molecule has 0 heterocycles. The van der Waals surface area contributed by atoms with Crippen LogP contribution < -0.4 is 4.90 Å². The van der Waals surface area contributed by atoms with Crippen molar-refractivity contribution in [1.82, 2.24) is 0 Å². The van der Waals surface area contributed by atoms with Gasteiger partial charge < -0.3 is 4.90 Å². The molecule has 19 heavy (non-hydrogen) atoms. The van der Waals surface area contributed by atoms with Crippen LogP contribution in [0.4, 0.5) is 20.2 Å². The summed E-state index contributed by atoms with van der Waals surface area (Å²) >= 11 is 5.82. The van der Waals surface area contributed by atoms with Crippen LogP contribution in [0.25, 0.3) is 0 Å². The van der Waals surface area contributed by atoms with Crippen molar-refractivity contribution in [2.75, 3.05) is 11.4 Å². The number of rotatable bonds is 4. The van der Waals surface area contributed by atoms with Crippen LogP contribution >= 0.6 is 11.6 Å². The molecule has 4 heteroatoms. The fourth-order valence-corrected chi connectivity index (χ4v) is 2.31. The average Bonchev–Trinajstić information content (AvgIpc) is 2.42. The lowest BCUT2D eigenvalue weighted by Gasteiger charge is -2.25. The Hall–Kier alpha value is -1.61. The van der Waals surface area contributed by atoms with Gasteiger partial charge in [0.25, 0.3) is 0 Å². The SMILES string of the molecule is CCN(c1ccc(F)cc1)c1cccc(F)c1CCl. The molecule has 2 aromatic rings. The Morgan fingerprint density at radius 1 is 1.05 bits per heavy atom. The molecule has 0 radical (unpaired) electrons. The van der Waals surface area contributed by atoms with Gasteiger partial charge in [-0.3, -0.25) is 0 Å². The Balaban J connectivity index is 2.48. The van der Waals surface area contributed by atoms with E-state index in [9.17, 15) is 8.78 Å². The van der Waals surface area contributed by atoms with Gasteiger partial charge in [-0.25, -0.2) is 8.78 Å². The highest BCUT2D eigenvalue weighted by Gasteiger charge is 2.14. The highest BCUT2D eigenvalue weighted by Crippen LogP contribution is 2.31. The van der Waals surface area contributed by atoms with Crippen molar-refractivity contribution in [3.05, 3.63) is 59.7 Å². The number of alkyl halides is 1. The van der Waals surface area contributed by atoms with E-state index in [2.05, 4.69) is 0 Å². The van der Waals surface area contributed by atoms with Crippen LogP contribution in [0.15, 0.2) is 42.5 Å². The van der Waals surface area contributed by atoms with Crippen LogP contribution in [0, 0.1) is 11.6 Å². The monoisotopic (exact) mass is 281 g/mol. The zero-order valence-corrected chi connectivity index (χ0v) is 11.3. The zero-order valence-electron chi connectivity index (χ0n) is 10.5. The molecular weight excluding hydrogens is 268 g/mol. The minimum atomic E-state index is -0.326. The summed E-state index contributed by atoms with van der Waals surface area (Å²) in [6.45, 7) is 2.59. The highest BCUT2D eigenvalue weighted by molar-refractivity contribution is 6.17. The Labute approximate surface area is 116 Å². The quantitative estimate of drug-likeness (QED) is 0.723. The van der Waals surface area contributed by atoms with Crippen molar-refractivity contribution in [2.24, 2.45) is 0 Å². The van der Waals surface area contributed by atoms with Gasteiger partial charge in [-0.2, -0.15) is 0 Å². The van der Waals surface area contributed by atoms with Crippen molar-refractivity contribution in [2.45, 2.75) is 12.8 Å². The Bertz CT molecular complexity index is 555. The first-order chi connectivity index (χ1) is 9.17. The third kappa shape index (κ3) is 2.87. The first-order valence-corrected chi connectivity index (χ1v) is 6.57. The van der Waals surface area contributed by atoms with Crippen molar-refractivity contribution in [3.8, 4) is 0 Å². The van der Waals surface area contributed by atoms with E-state index in [1.54, 1.807) is 18.2 Å². The van der Waals surface area contributed by atoms with Gasteiger partial charge in [0.1, 0.15) is 11.6 Å². The second-order valence-corrected chi connectivity index (χ2v) is 4.36. The predicted octanol–water partition coefficient (Wildman–Crippen LogP) is 4.86. The molecule has 0 fully saturated rings. The van der Waals surface area contributed by atoms with Crippen molar-refractivity contribution in [3.63, 3.8) is 0 Å². The lowest BCUT2D eigenvalue weighted by atomic mass is 10.1. The van der Waals surface area contributed by atoms with Gasteiger partial charge >= 0.3 is 0 Å². The summed E-state index contributed by atoms with van der Waals surface area (Å²) < 4.78 is 26.7. The topological polar surface area (TPSA) is 3.24 Å². The molecule has 0 saturated carbocycles. The number of anilines is 2. The van der Waals surface area contributed by atoms with Crippen LogP contribution in [-0.2, 0) is 5.88 Å². The fourth-order valence-electron chi connectivity index (χ4n) is 2.05. The Morgan fingerprint density at radius 2 is 1.74 bits per heavy atom. The highest BCUT2D eigenvalue weighted by atomic mass is 35.5. The van der Waals surface area contributed by atoms with Crippen molar-refractivity contribution in [1.29, 1.82) is 0 Å². The van der Waals surface area contributed by atoms with Crippen molar-refractivity contribution >= 4 is 23.0 Å². The lowest BCUT2D eigenvalue weighted by Crippen LogP contribution is -2.18. The molecule has 2 aromatic carbocycles. The molecule has 0 bridgehead atoms. The molecule has 0 N–H and O–H groups in total. The molecule has 0 aliphatic rings. The summed E-state index contributed by atoms with van der Waals surface area (Å²) in [7, 11) is 0.